The number of piperidine rings is 1. The number of carboxylic acid groups (broad SMARTS) is 1. The molecule has 1 aliphatic carbocycles. The van der Waals surface area contributed by atoms with Gasteiger partial charge in [0.25, 0.3) is 0 Å². The predicted molar refractivity (Wildman–Crippen MR) is 124 cm³/mol. The third-order valence-electron chi connectivity index (χ3n) is 5.91. The number of rotatable bonds is 6. The summed E-state index contributed by atoms with van der Waals surface area (Å²) in [6.45, 7) is 2.95. The number of fused-ring (bicyclic) bond motifs is 1. The van der Waals surface area contributed by atoms with Crippen molar-refractivity contribution in [2.24, 2.45) is 11.7 Å². The molecule has 0 bridgehead atoms. The van der Waals surface area contributed by atoms with Crippen molar-refractivity contribution in [1.82, 2.24) is 30.3 Å². The molecule has 1 aromatic carbocycles. The van der Waals surface area contributed by atoms with Crippen LogP contribution >= 0.6 is 0 Å². The van der Waals surface area contributed by atoms with Crippen LogP contribution in [0.4, 0.5) is 10.7 Å². The maximum absolute atomic E-state index is 8.78. The fourth-order valence-corrected chi connectivity index (χ4v) is 4.17. The normalized spacial score (nSPS) is 16.8. The van der Waals surface area contributed by atoms with Gasteiger partial charge in [0.2, 0.25) is 5.95 Å². The van der Waals surface area contributed by atoms with E-state index >= 15 is 0 Å². The maximum atomic E-state index is 8.78. The third kappa shape index (κ3) is 6.28. The number of primary amides is 1. The molecule has 0 atom stereocenters. The molecule has 11 heteroatoms. The number of nitrogens with one attached hydrogen (secondary N) is 2. The molecule has 0 radical (unpaired) electrons. The van der Waals surface area contributed by atoms with Gasteiger partial charge in [-0.15, -0.1) is 5.10 Å². The minimum absolute atomic E-state index is 0.466. The van der Waals surface area contributed by atoms with E-state index in [1.165, 1.54) is 38.5 Å². The zero-order valence-electron chi connectivity index (χ0n) is 18.5. The summed E-state index contributed by atoms with van der Waals surface area (Å²) in [5, 5.41) is 22.5. The van der Waals surface area contributed by atoms with Gasteiger partial charge in [-0.25, -0.2) is 9.78 Å². The quantitative estimate of drug-likeness (QED) is 0.440. The molecule has 176 valence electrons. The van der Waals surface area contributed by atoms with E-state index in [1.807, 2.05) is 24.3 Å². The lowest BCUT2D eigenvalue weighted by Crippen LogP contribution is -2.30. The molecule has 1 aliphatic heterocycles. The average Bonchev–Trinajstić information content (AvgIpc) is 3.48. The summed E-state index contributed by atoms with van der Waals surface area (Å²) in [4.78, 5) is 17.8. The Morgan fingerprint density at radius 1 is 1.18 bits per heavy atom. The standard InChI is InChI=1S/C21H27N7O.CH3NO2/c1-2-4-16(3-1)24-21-23-13-19-20(25-21)28(27-26-19)17-5-7-18(8-6-17)29-14-15-9-11-22-12-10-15;2-1(3)4/h5-8,13,15-16,22H,1-4,9-12,14H2,(H,23,24,25);2H2,(H,3,4). The SMILES string of the molecule is NC(=O)O.c1cc(-n2nnc3cnc(NC4CCCC4)nc32)ccc1OCC1CCNCC1. The Morgan fingerprint density at radius 3 is 2.58 bits per heavy atom. The number of benzene rings is 1. The van der Waals surface area contributed by atoms with Gasteiger partial charge in [-0.3, -0.25) is 0 Å². The number of amides is 1. The second-order valence-corrected chi connectivity index (χ2v) is 8.37. The number of nitrogens with zero attached hydrogens (tertiary/aromatic N) is 5. The van der Waals surface area contributed by atoms with E-state index in [0.717, 1.165) is 31.1 Å². The summed E-state index contributed by atoms with van der Waals surface area (Å²) in [7, 11) is 0. The van der Waals surface area contributed by atoms with E-state index < -0.39 is 6.09 Å². The van der Waals surface area contributed by atoms with E-state index in [2.05, 4.69) is 36.6 Å². The molecular formula is C22H30N8O3. The average molecular weight is 455 g/mol. The minimum Gasteiger partial charge on any atom is -0.493 e. The predicted octanol–water partition coefficient (Wildman–Crippen LogP) is 2.57. The van der Waals surface area contributed by atoms with Gasteiger partial charge in [0.15, 0.2) is 11.2 Å². The number of nitrogens with two attached hydrogens (primary N) is 1. The molecule has 0 unspecified atom stereocenters. The van der Waals surface area contributed by atoms with Gasteiger partial charge in [0.1, 0.15) is 5.75 Å². The molecule has 2 aromatic heterocycles. The lowest BCUT2D eigenvalue weighted by atomic mass is 9.99. The van der Waals surface area contributed by atoms with Crippen molar-refractivity contribution in [2.45, 2.75) is 44.6 Å². The number of hydrogen-bond acceptors (Lipinski definition) is 8. The molecule has 0 spiro atoms. The molecule has 1 saturated carbocycles. The second-order valence-electron chi connectivity index (χ2n) is 8.37. The lowest BCUT2D eigenvalue weighted by molar-refractivity contribution is 0.205. The van der Waals surface area contributed by atoms with Crippen LogP contribution in [0.5, 0.6) is 5.75 Å². The zero-order valence-corrected chi connectivity index (χ0v) is 18.5. The summed E-state index contributed by atoms with van der Waals surface area (Å²) in [5.74, 6) is 2.17. The molecule has 3 aromatic rings. The lowest BCUT2D eigenvalue weighted by Gasteiger charge is -2.22. The van der Waals surface area contributed by atoms with E-state index in [9.17, 15) is 0 Å². The van der Waals surface area contributed by atoms with Crippen LogP contribution in [0.3, 0.4) is 0 Å². The summed E-state index contributed by atoms with van der Waals surface area (Å²) in [5.41, 5.74) is 6.34. The van der Waals surface area contributed by atoms with Gasteiger partial charge in [0, 0.05) is 6.04 Å². The van der Waals surface area contributed by atoms with Crippen molar-refractivity contribution in [2.75, 3.05) is 25.0 Å². The van der Waals surface area contributed by atoms with Gasteiger partial charge in [-0.1, -0.05) is 18.1 Å². The monoisotopic (exact) mass is 454 g/mol. The van der Waals surface area contributed by atoms with Crippen LogP contribution in [-0.4, -0.2) is 61.9 Å². The van der Waals surface area contributed by atoms with Gasteiger partial charge in [-0.2, -0.15) is 9.67 Å². The Kier molecular flexibility index (Phi) is 7.51. The fraction of sp³-hybridized carbons (Fsp3) is 0.500. The van der Waals surface area contributed by atoms with Crippen LogP contribution in [0, 0.1) is 5.92 Å². The Labute approximate surface area is 191 Å². The highest BCUT2D eigenvalue weighted by atomic mass is 16.5. The Balaban J connectivity index is 0.000000601. The molecule has 2 fully saturated rings. The zero-order chi connectivity index (χ0) is 23.0. The van der Waals surface area contributed by atoms with Crippen molar-refractivity contribution in [3.63, 3.8) is 0 Å². The molecule has 3 heterocycles. The van der Waals surface area contributed by atoms with Gasteiger partial charge < -0.3 is 26.2 Å². The van der Waals surface area contributed by atoms with Gasteiger partial charge >= 0.3 is 6.09 Å². The Bertz CT molecular complexity index is 1040. The Hall–Kier alpha value is -3.47. The molecule has 1 amide bonds. The van der Waals surface area contributed by atoms with Crippen LogP contribution in [0.25, 0.3) is 16.9 Å². The number of carbonyl (C=O) groups is 1. The number of aromatic nitrogens is 5. The minimum atomic E-state index is -1.33. The van der Waals surface area contributed by atoms with Crippen molar-refractivity contribution in [1.29, 1.82) is 0 Å². The van der Waals surface area contributed by atoms with Gasteiger partial charge in [-0.05, 0) is 69.0 Å². The topological polar surface area (TPSA) is 153 Å². The highest BCUT2D eigenvalue weighted by Crippen LogP contribution is 2.23. The molecule has 5 N–H and O–H groups in total. The molecule has 2 aliphatic rings. The van der Waals surface area contributed by atoms with Crippen molar-refractivity contribution in [3.05, 3.63) is 30.5 Å². The fourth-order valence-electron chi connectivity index (χ4n) is 4.17. The molecular weight excluding hydrogens is 424 g/mol. The van der Waals surface area contributed by atoms with Crippen LogP contribution in [0.1, 0.15) is 38.5 Å². The summed E-state index contributed by atoms with van der Waals surface area (Å²) in [6.07, 6.45) is 7.66. The smallest absolute Gasteiger partial charge is 0.402 e. The molecule has 1 saturated heterocycles. The van der Waals surface area contributed by atoms with Crippen LogP contribution in [0.15, 0.2) is 30.5 Å². The third-order valence-corrected chi connectivity index (χ3v) is 5.91. The highest BCUT2D eigenvalue weighted by Gasteiger charge is 2.17. The van der Waals surface area contributed by atoms with Crippen molar-refractivity contribution in [3.8, 4) is 11.4 Å². The highest BCUT2D eigenvalue weighted by molar-refractivity contribution is 5.72. The first-order chi connectivity index (χ1) is 16.1. The Morgan fingerprint density at radius 2 is 1.88 bits per heavy atom. The molecule has 33 heavy (non-hydrogen) atoms. The van der Waals surface area contributed by atoms with Crippen molar-refractivity contribution >= 4 is 23.2 Å². The van der Waals surface area contributed by atoms with Gasteiger partial charge in [0.05, 0.1) is 18.5 Å². The first-order valence-electron chi connectivity index (χ1n) is 11.4. The molecule has 5 rings (SSSR count). The van der Waals surface area contributed by atoms with E-state index in [0.29, 0.717) is 29.1 Å². The van der Waals surface area contributed by atoms with Crippen LogP contribution < -0.4 is 21.1 Å². The number of anilines is 1. The van der Waals surface area contributed by atoms with E-state index in [-0.39, 0.29) is 0 Å². The largest absolute Gasteiger partial charge is 0.493 e. The summed E-state index contributed by atoms with van der Waals surface area (Å²) in [6, 6.07) is 8.44. The first kappa shape index (κ1) is 22.7. The number of ether oxygens (including phenoxy) is 1. The maximum Gasteiger partial charge on any atom is 0.402 e. The first-order valence-corrected chi connectivity index (χ1v) is 11.4. The summed E-state index contributed by atoms with van der Waals surface area (Å²) < 4.78 is 7.75. The molecule has 11 nitrogen and oxygen atoms in total. The van der Waals surface area contributed by atoms with Crippen molar-refractivity contribution < 1.29 is 14.6 Å². The number of hydrogen-bond donors (Lipinski definition) is 4. The second kappa shape index (κ2) is 10.9. The van der Waals surface area contributed by atoms with Crippen LogP contribution in [0.2, 0.25) is 0 Å². The van der Waals surface area contributed by atoms with E-state index in [1.54, 1.807) is 10.9 Å². The summed E-state index contributed by atoms with van der Waals surface area (Å²) >= 11 is 0. The van der Waals surface area contributed by atoms with Crippen LogP contribution in [-0.2, 0) is 0 Å². The van der Waals surface area contributed by atoms with E-state index in [4.69, 9.17) is 14.6 Å².